The highest BCUT2D eigenvalue weighted by Crippen LogP contribution is 2.22. The van der Waals surface area contributed by atoms with Crippen molar-refractivity contribution in [1.29, 1.82) is 0 Å². The van der Waals surface area contributed by atoms with E-state index < -0.39 is 0 Å². The van der Waals surface area contributed by atoms with Crippen LogP contribution in [0.5, 0.6) is 5.75 Å². The van der Waals surface area contributed by atoms with E-state index in [0.717, 1.165) is 28.1 Å². The summed E-state index contributed by atoms with van der Waals surface area (Å²) in [4.78, 5) is 0. The Kier molecular flexibility index (Phi) is 4.05. The summed E-state index contributed by atoms with van der Waals surface area (Å²) in [5, 5.41) is 6.78. The molecule has 0 spiro atoms. The number of para-hydroxylation sites is 1. The first-order valence-electron chi connectivity index (χ1n) is 7.20. The second-order valence-electron chi connectivity index (χ2n) is 5.10. The van der Waals surface area contributed by atoms with E-state index in [-0.39, 0.29) is 0 Å². The van der Waals surface area contributed by atoms with Gasteiger partial charge in [-0.25, -0.2) is 0 Å². The third kappa shape index (κ3) is 3.09. The summed E-state index contributed by atoms with van der Waals surface area (Å²) in [5.41, 5.74) is 6.10. The number of hydrogen-bond acceptors (Lipinski definition) is 3. The summed E-state index contributed by atoms with van der Waals surface area (Å²) in [6.45, 7) is 2.00. The molecule has 0 aliphatic carbocycles. The van der Waals surface area contributed by atoms with Gasteiger partial charge in [0.1, 0.15) is 5.75 Å². The third-order valence-electron chi connectivity index (χ3n) is 3.59. The second-order valence-corrected chi connectivity index (χ2v) is 5.10. The van der Waals surface area contributed by atoms with Crippen molar-refractivity contribution in [2.75, 3.05) is 12.5 Å². The standard InChI is InChI=1S/C19H18N2O/c1-14(20-21-18-6-4-3-5-7-18)15-8-9-17-13-19(22-2)11-10-16(17)12-15/h3-13,21H,1-2H3. The van der Waals surface area contributed by atoms with E-state index in [1.807, 2.05) is 49.4 Å². The Morgan fingerprint density at radius 1 is 0.909 bits per heavy atom. The largest absolute Gasteiger partial charge is 0.497 e. The zero-order valence-corrected chi connectivity index (χ0v) is 12.7. The maximum atomic E-state index is 5.25. The smallest absolute Gasteiger partial charge is 0.119 e. The fraction of sp³-hybridized carbons (Fsp3) is 0.105. The van der Waals surface area contributed by atoms with Crippen LogP contribution >= 0.6 is 0 Å². The summed E-state index contributed by atoms with van der Waals surface area (Å²) in [5.74, 6) is 0.872. The van der Waals surface area contributed by atoms with Crippen molar-refractivity contribution >= 4 is 22.2 Å². The number of hydrogen-bond donors (Lipinski definition) is 1. The lowest BCUT2D eigenvalue weighted by molar-refractivity contribution is 0.415. The molecule has 3 aromatic carbocycles. The molecule has 0 aliphatic heterocycles. The maximum Gasteiger partial charge on any atom is 0.119 e. The van der Waals surface area contributed by atoms with Gasteiger partial charge in [0, 0.05) is 0 Å². The molecule has 0 bridgehead atoms. The van der Waals surface area contributed by atoms with Crippen molar-refractivity contribution in [3.05, 3.63) is 72.3 Å². The molecule has 3 aromatic rings. The quantitative estimate of drug-likeness (QED) is 0.559. The molecule has 0 radical (unpaired) electrons. The van der Waals surface area contributed by atoms with Crippen LogP contribution < -0.4 is 10.2 Å². The predicted octanol–water partition coefficient (Wildman–Crippen LogP) is 4.68. The molecule has 3 heteroatoms. The van der Waals surface area contributed by atoms with Crippen LogP contribution in [0.4, 0.5) is 5.69 Å². The average molecular weight is 290 g/mol. The Hall–Kier alpha value is -2.81. The Morgan fingerprint density at radius 3 is 2.41 bits per heavy atom. The average Bonchev–Trinajstić information content (AvgIpc) is 2.59. The molecule has 0 saturated heterocycles. The summed E-state index contributed by atoms with van der Waals surface area (Å²) >= 11 is 0. The van der Waals surface area contributed by atoms with Gasteiger partial charge in [-0.05, 0) is 53.6 Å². The lowest BCUT2D eigenvalue weighted by Crippen LogP contribution is -1.99. The fourth-order valence-corrected chi connectivity index (χ4v) is 2.30. The minimum absolute atomic E-state index is 0.872. The molecule has 0 unspecified atom stereocenters. The molecule has 0 aromatic heterocycles. The Bertz CT molecular complexity index is 810. The highest BCUT2D eigenvalue weighted by molar-refractivity contribution is 6.02. The van der Waals surface area contributed by atoms with Crippen LogP contribution in [0.1, 0.15) is 12.5 Å². The molecule has 0 fully saturated rings. The van der Waals surface area contributed by atoms with Crippen LogP contribution in [0.3, 0.4) is 0 Å². The second kappa shape index (κ2) is 6.31. The van der Waals surface area contributed by atoms with Gasteiger partial charge in [0.2, 0.25) is 0 Å². The van der Waals surface area contributed by atoms with Crippen molar-refractivity contribution in [2.24, 2.45) is 5.10 Å². The maximum absolute atomic E-state index is 5.25. The number of anilines is 1. The normalized spacial score (nSPS) is 11.5. The summed E-state index contributed by atoms with van der Waals surface area (Å²) in [6.07, 6.45) is 0. The monoisotopic (exact) mass is 290 g/mol. The van der Waals surface area contributed by atoms with Gasteiger partial charge in [-0.1, -0.05) is 36.4 Å². The summed E-state index contributed by atoms with van der Waals surface area (Å²) in [6, 6.07) is 22.3. The molecule has 3 rings (SSSR count). The molecule has 0 saturated carbocycles. The Balaban J connectivity index is 1.86. The zero-order chi connectivity index (χ0) is 15.4. The molecule has 0 aliphatic rings. The molecule has 0 heterocycles. The number of nitrogens with zero attached hydrogens (tertiary/aromatic N) is 1. The van der Waals surface area contributed by atoms with Gasteiger partial charge in [0.15, 0.2) is 0 Å². The number of methoxy groups -OCH3 is 1. The van der Waals surface area contributed by atoms with E-state index in [1.54, 1.807) is 7.11 Å². The van der Waals surface area contributed by atoms with E-state index in [1.165, 1.54) is 5.39 Å². The Labute approximate surface area is 130 Å². The van der Waals surface area contributed by atoms with Gasteiger partial charge in [-0.2, -0.15) is 5.10 Å². The lowest BCUT2D eigenvalue weighted by atomic mass is 10.0. The highest BCUT2D eigenvalue weighted by atomic mass is 16.5. The van der Waals surface area contributed by atoms with Crippen LogP contribution in [0, 0.1) is 0 Å². The fourth-order valence-electron chi connectivity index (χ4n) is 2.30. The van der Waals surface area contributed by atoms with Crippen molar-refractivity contribution in [3.63, 3.8) is 0 Å². The number of ether oxygens (including phenoxy) is 1. The minimum atomic E-state index is 0.872. The molecule has 1 N–H and O–H groups in total. The van der Waals surface area contributed by atoms with Crippen LogP contribution in [0.25, 0.3) is 10.8 Å². The van der Waals surface area contributed by atoms with E-state index in [2.05, 4.69) is 34.8 Å². The van der Waals surface area contributed by atoms with Gasteiger partial charge in [-0.3, -0.25) is 5.43 Å². The summed E-state index contributed by atoms with van der Waals surface area (Å²) in [7, 11) is 1.68. The first-order valence-corrected chi connectivity index (χ1v) is 7.20. The van der Waals surface area contributed by atoms with Gasteiger partial charge in [-0.15, -0.1) is 0 Å². The topological polar surface area (TPSA) is 33.6 Å². The number of benzene rings is 3. The molecule has 3 nitrogen and oxygen atoms in total. The van der Waals surface area contributed by atoms with Crippen molar-refractivity contribution < 1.29 is 4.74 Å². The lowest BCUT2D eigenvalue weighted by Gasteiger charge is -2.06. The van der Waals surface area contributed by atoms with Crippen molar-refractivity contribution in [1.82, 2.24) is 0 Å². The number of hydrazone groups is 1. The van der Waals surface area contributed by atoms with Crippen LogP contribution in [-0.2, 0) is 0 Å². The van der Waals surface area contributed by atoms with E-state index in [9.17, 15) is 0 Å². The van der Waals surface area contributed by atoms with E-state index in [4.69, 9.17) is 4.74 Å². The number of fused-ring (bicyclic) bond motifs is 1. The van der Waals surface area contributed by atoms with Gasteiger partial charge in [0.25, 0.3) is 0 Å². The molecular formula is C19H18N2O. The molecule has 110 valence electrons. The highest BCUT2D eigenvalue weighted by Gasteiger charge is 2.01. The zero-order valence-electron chi connectivity index (χ0n) is 12.7. The first-order chi connectivity index (χ1) is 10.8. The van der Waals surface area contributed by atoms with Crippen molar-refractivity contribution in [3.8, 4) is 5.75 Å². The molecule has 0 amide bonds. The van der Waals surface area contributed by atoms with Crippen LogP contribution in [0.15, 0.2) is 71.8 Å². The number of rotatable bonds is 4. The molecule has 0 atom stereocenters. The van der Waals surface area contributed by atoms with E-state index >= 15 is 0 Å². The SMILES string of the molecule is COc1ccc2cc(C(C)=NNc3ccccc3)ccc2c1. The van der Waals surface area contributed by atoms with Crippen LogP contribution in [-0.4, -0.2) is 12.8 Å². The summed E-state index contributed by atoms with van der Waals surface area (Å²) < 4.78 is 5.25. The van der Waals surface area contributed by atoms with Gasteiger partial charge in [0.05, 0.1) is 18.5 Å². The Morgan fingerprint density at radius 2 is 1.64 bits per heavy atom. The van der Waals surface area contributed by atoms with E-state index in [0.29, 0.717) is 0 Å². The number of nitrogens with one attached hydrogen (secondary N) is 1. The molecule has 22 heavy (non-hydrogen) atoms. The van der Waals surface area contributed by atoms with Crippen LogP contribution in [0.2, 0.25) is 0 Å². The predicted molar refractivity (Wildman–Crippen MR) is 92.8 cm³/mol. The minimum Gasteiger partial charge on any atom is -0.497 e. The first kappa shape index (κ1) is 14.1. The van der Waals surface area contributed by atoms with Gasteiger partial charge < -0.3 is 4.74 Å². The van der Waals surface area contributed by atoms with Crippen molar-refractivity contribution in [2.45, 2.75) is 6.92 Å². The molecular weight excluding hydrogens is 272 g/mol. The van der Waals surface area contributed by atoms with Gasteiger partial charge >= 0.3 is 0 Å². The third-order valence-corrected chi connectivity index (χ3v) is 3.59.